The molecule has 0 bridgehead atoms. The molecule has 0 N–H and O–H groups in total. The Balaban J connectivity index is 1.66. The van der Waals surface area contributed by atoms with Gasteiger partial charge in [0.1, 0.15) is 5.56 Å². The van der Waals surface area contributed by atoms with Crippen LogP contribution in [0.25, 0.3) is 11.4 Å². The summed E-state index contributed by atoms with van der Waals surface area (Å²) in [6.07, 6.45) is 1.54. The summed E-state index contributed by atoms with van der Waals surface area (Å²) in [6, 6.07) is 10.2. The summed E-state index contributed by atoms with van der Waals surface area (Å²) in [4.78, 5) is 20.4. The highest BCUT2D eigenvalue weighted by atomic mass is 35.5. The Morgan fingerprint density at radius 3 is 2.80 bits per heavy atom. The van der Waals surface area contributed by atoms with Crippen molar-refractivity contribution < 1.29 is 18.8 Å². The van der Waals surface area contributed by atoms with Crippen LogP contribution in [0, 0.1) is 0 Å². The molecular weight excluding hydrogens is 346 g/mol. The first-order chi connectivity index (χ1) is 12.2. The monoisotopic (exact) mass is 359 g/mol. The topological polar surface area (TPSA) is 87.3 Å². The smallest absolute Gasteiger partial charge is 0.344 e. The van der Waals surface area contributed by atoms with Crippen LogP contribution >= 0.6 is 11.6 Å². The zero-order valence-corrected chi connectivity index (χ0v) is 14.1. The van der Waals surface area contributed by atoms with E-state index in [-0.39, 0.29) is 23.9 Å². The highest BCUT2D eigenvalue weighted by molar-refractivity contribution is 6.30. The van der Waals surface area contributed by atoms with Gasteiger partial charge in [-0.3, -0.25) is 0 Å². The predicted octanol–water partition coefficient (Wildman–Crippen LogP) is 3.54. The number of rotatable bonds is 6. The van der Waals surface area contributed by atoms with E-state index in [0.717, 1.165) is 5.56 Å². The molecule has 0 radical (unpaired) electrons. The molecule has 1 aromatic carbocycles. The normalized spacial score (nSPS) is 10.5. The summed E-state index contributed by atoms with van der Waals surface area (Å²) in [5, 5.41) is 4.47. The number of carbonyl (C=O) groups is 1. The summed E-state index contributed by atoms with van der Waals surface area (Å²) in [5.74, 6) is 0.212. The average molecular weight is 360 g/mol. The van der Waals surface area contributed by atoms with Crippen molar-refractivity contribution in [2.45, 2.75) is 13.5 Å². The highest BCUT2D eigenvalue weighted by Gasteiger charge is 2.17. The van der Waals surface area contributed by atoms with Gasteiger partial charge in [-0.05, 0) is 43.3 Å². The summed E-state index contributed by atoms with van der Waals surface area (Å²) in [6.45, 7) is 2.05. The lowest BCUT2D eigenvalue weighted by Crippen LogP contribution is -2.09. The van der Waals surface area contributed by atoms with Gasteiger partial charge >= 0.3 is 5.97 Å². The van der Waals surface area contributed by atoms with Crippen molar-refractivity contribution in [3.63, 3.8) is 0 Å². The molecule has 0 saturated carbocycles. The molecule has 0 fully saturated rings. The maximum Gasteiger partial charge on any atom is 0.344 e. The zero-order valence-electron chi connectivity index (χ0n) is 13.3. The van der Waals surface area contributed by atoms with E-state index < -0.39 is 5.97 Å². The Labute approximate surface area is 148 Å². The van der Waals surface area contributed by atoms with E-state index in [4.69, 9.17) is 25.6 Å². The summed E-state index contributed by atoms with van der Waals surface area (Å²) < 4.78 is 15.6. The first-order valence-corrected chi connectivity index (χ1v) is 7.88. The van der Waals surface area contributed by atoms with E-state index in [0.29, 0.717) is 17.5 Å². The van der Waals surface area contributed by atoms with Crippen molar-refractivity contribution in [1.82, 2.24) is 15.1 Å². The van der Waals surface area contributed by atoms with Crippen molar-refractivity contribution >= 4 is 17.6 Å². The van der Waals surface area contributed by atoms with E-state index in [1.165, 1.54) is 6.20 Å². The molecule has 0 aliphatic rings. The van der Waals surface area contributed by atoms with Gasteiger partial charge in [0, 0.05) is 16.8 Å². The number of esters is 1. The van der Waals surface area contributed by atoms with Gasteiger partial charge in [-0.15, -0.1) is 0 Å². The molecule has 0 amide bonds. The Bertz CT molecular complexity index is 864. The first kappa shape index (κ1) is 16.9. The van der Waals surface area contributed by atoms with Crippen LogP contribution in [0.2, 0.25) is 5.02 Å². The Morgan fingerprint density at radius 1 is 1.24 bits per heavy atom. The third kappa shape index (κ3) is 4.13. The minimum absolute atomic E-state index is 0.153. The second-order valence-electron chi connectivity index (χ2n) is 4.88. The van der Waals surface area contributed by atoms with Crippen LogP contribution in [-0.4, -0.2) is 27.7 Å². The van der Waals surface area contributed by atoms with E-state index in [1.54, 1.807) is 43.3 Å². The average Bonchev–Trinajstić information content (AvgIpc) is 3.10. The zero-order chi connectivity index (χ0) is 17.6. The fourth-order valence-electron chi connectivity index (χ4n) is 2.03. The van der Waals surface area contributed by atoms with Crippen molar-refractivity contribution in [2.75, 3.05) is 6.61 Å². The predicted molar refractivity (Wildman–Crippen MR) is 89.3 cm³/mol. The van der Waals surface area contributed by atoms with Gasteiger partial charge in [0.05, 0.1) is 6.61 Å². The van der Waals surface area contributed by atoms with Gasteiger partial charge in [-0.1, -0.05) is 16.8 Å². The Morgan fingerprint density at radius 2 is 2.04 bits per heavy atom. The van der Waals surface area contributed by atoms with Gasteiger partial charge < -0.3 is 14.0 Å². The van der Waals surface area contributed by atoms with Crippen molar-refractivity contribution in [3.05, 3.63) is 59.1 Å². The van der Waals surface area contributed by atoms with E-state index in [9.17, 15) is 4.79 Å². The fraction of sp³-hybridized carbons (Fsp3) is 0.176. The first-order valence-electron chi connectivity index (χ1n) is 7.51. The molecule has 8 heteroatoms. The van der Waals surface area contributed by atoms with Gasteiger partial charge in [-0.2, -0.15) is 4.98 Å². The number of hydrogen-bond donors (Lipinski definition) is 0. The molecule has 7 nitrogen and oxygen atoms in total. The molecule has 128 valence electrons. The Kier molecular flexibility index (Phi) is 5.25. The van der Waals surface area contributed by atoms with Gasteiger partial charge in [-0.25, -0.2) is 9.78 Å². The number of aromatic nitrogens is 3. The fourth-order valence-corrected chi connectivity index (χ4v) is 2.16. The molecule has 0 aliphatic heterocycles. The lowest BCUT2D eigenvalue weighted by atomic mass is 10.2. The van der Waals surface area contributed by atoms with Crippen molar-refractivity contribution in [2.24, 2.45) is 0 Å². The molecule has 0 unspecified atom stereocenters. The molecule has 2 heterocycles. The molecule has 0 saturated heterocycles. The summed E-state index contributed by atoms with van der Waals surface area (Å²) >= 11 is 5.85. The Hall–Kier alpha value is -2.93. The van der Waals surface area contributed by atoms with Crippen LogP contribution < -0.4 is 4.74 Å². The number of hydrogen-bond acceptors (Lipinski definition) is 7. The maximum atomic E-state index is 12.2. The lowest BCUT2D eigenvalue weighted by Gasteiger charge is -2.07. The van der Waals surface area contributed by atoms with Gasteiger partial charge in [0.25, 0.3) is 5.89 Å². The number of pyridine rings is 1. The third-order valence-corrected chi connectivity index (χ3v) is 3.42. The second-order valence-corrected chi connectivity index (χ2v) is 5.32. The number of nitrogens with zero attached hydrogens (tertiary/aromatic N) is 3. The molecule has 3 aromatic rings. The van der Waals surface area contributed by atoms with Crippen molar-refractivity contribution in [3.8, 4) is 17.3 Å². The van der Waals surface area contributed by atoms with E-state index in [2.05, 4.69) is 15.1 Å². The largest absolute Gasteiger partial charge is 0.477 e. The number of carbonyl (C=O) groups excluding carboxylic acids is 1. The van der Waals surface area contributed by atoms with Crippen LogP contribution in [0.3, 0.4) is 0 Å². The summed E-state index contributed by atoms with van der Waals surface area (Å²) in [7, 11) is 0. The molecule has 0 aliphatic carbocycles. The number of ether oxygens (including phenoxy) is 2. The molecule has 0 spiro atoms. The standard InChI is InChI=1S/C17H14ClN3O4/c1-2-23-16-13(4-3-9-19-16)17(22)24-10-14-20-15(21-25-14)11-5-7-12(18)8-6-11/h3-9H,2,10H2,1H3. The third-order valence-electron chi connectivity index (χ3n) is 3.17. The van der Waals surface area contributed by atoms with Crippen LogP contribution in [0.1, 0.15) is 23.2 Å². The second kappa shape index (κ2) is 7.76. The SMILES string of the molecule is CCOc1ncccc1C(=O)OCc1nc(-c2ccc(Cl)cc2)no1. The van der Waals surface area contributed by atoms with Crippen molar-refractivity contribution in [1.29, 1.82) is 0 Å². The molecular formula is C17H14ClN3O4. The van der Waals surface area contributed by atoms with Crippen LogP contribution in [0.4, 0.5) is 0 Å². The van der Waals surface area contributed by atoms with Gasteiger partial charge in [0.2, 0.25) is 11.7 Å². The minimum atomic E-state index is -0.581. The van der Waals surface area contributed by atoms with Crippen LogP contribution in [0.15, 0.2) is 47.1 Å². The number of benzene rings is 1. The van der Waals surface area contributed by atoms with E-state index >= 15 is 0 Å². The molecule has 2 aromatic heterocycles. The minimum Gasteiger partial charge on any atom is -0.477 e. The molecule has 25 heavy (non-hydrogen) atoms. The van der Waals surface area contributed by atoms with Crippen LogP contribution in [-0.2, 0) is 11.3 Å². The molecule has 3 rings (SSSR count). The quantitative estimate of drug-likeness (QED) is 0.622. The highest BCUT2D eigenvalue weighted by Crippen LogP contribution is 2.20. The maximum absolute atomic E-state index is 12.2. The lowest BCUT2D eigenvalue weighted by molar-refractivity contribution is 0.0424. The summed E-state index contributed by atoms with van der Waals surface area (Å²) in [5.41, 5.74) is 0.985. The number of halogens is 1. The molecule has 0 atom stereocenters. The van der Waals surface area contributed by atoms with Gasteiger partial charge in [0.15, 0.2) is 6.61 Å². The van der Waals surface area contributed by atoms with Crippen LogP contribution in [0.5, 0.6) is 5.88 Å². The van der Waals surface area contributed by atoms with E-state index in [1.807, 2.05) is 0 Å².